The zero-order valence-electron chi connectivity index (χ0n) is 18.6. The van der Waals surface area contributed by atoms with E-state index in [-0.39, 0.29) is 12.4 Å². The molecule has 0 saturated carbocycles. The highest BCUT2D eigenvalue weighted by Gasteiger charge is 2.18. The van der Waals surface area contributed by atoms with Crippen LogP contribution in [-0.4, -0.2) is 35.4 Å². The molecule has 3 N–H and O–H groups in total. The minimum absolute atomic E-state index is 0.310. The molecule has 0 unspecified atom stereocenters. The lowest BCUT2D eigenvalue weighted by molar-refractivity contribution is -0.120. The van der Waals surface area contributed by atoms with E-state index < -0.39 is 17.7 Å². The van der Waals surface area contributed by atoms with Crippen LogP contribution < -0.4 is 20.9 Å². The van der Waals surface area contributed by atoms with E-state index in [1.54, 1.807) is 49.4 Å². The van der Waals surface area contributed by atoms with Crippen molar-refractivity contribution in [2.75, 3.05) is 13.2 Å². The molecule has 8 nitrogen and oxygen atoms in total. The van der Waals surface area contributed by atoms with E-state index in [4.69, 9.17) is 4.74 Å². The number of halogens is 1. The van der Waals surface area contributed by atoms with Gasteiger partial charge in [0, 0.05) is 17.1 Å². The van der Waals surface area contributed by atoms with Crippen molar-refractivity contribution < 1.29 is 23.5 Å². The normalized spacial score (nSPS) is 10.4. The van der Waals surface area contributed by atoms with Gasteiger partial charge in [0.05, 0.1) is 24.3 Å². The number of carbonyl (C=O) groups excluding carboxylic acids is 3. The molecule has 1 heterocycles. The number of para-hydroxylation sites is 1. The molecule has 0 fully saturated rings. The first-order valence-electron chi connectivity index (χ1n) is 10.4. The average molecular weight is 452 g/mol. The fraction of sp³-hybridized carbons (Fsp3) is 0.208. The molecule has 0 aliphatic carbocycles. The molecule has 0 aliphatic heterocycles. The van der Waals surface area contributed by atoms with Crippen LogP contribution in [0.15, 0.2) is 54.6 Å². The first-order chi connectivity index (χ1) is 15.8. The Kier molecular flexibility index (Phi) is 7.45. The summed E-state index contributed by atoms with van der Waals surface area (Å²) < 4.78 is 20.5. The summed E-state index contributed by atoms with van der Waals surface area (Å²) in [6, 6.07) is 14.3. The van der Waals surface area contributed by atoms with Gasteiger partial charge >= 0.3 is 0 Å². The molecule has 0 spiro atoms. The van der Waals surface area contributed by atoms with Crippen molar-refractivity contribution in [3.63, 3.8) is 0 Å². The van der Waals surface area contributed by atoms with E-state index >= 15 is 0 Å². The maximum Gasteiger partial charge on any atom is 0.271 e. The van der Waals surface area contributed by atoms with Gasteiger partial charge in [0.15, 0.2) is 0 Å². The van der Waals surface area contributed by atoms with Crippen LogP contribution in [0.4, 0.5) is 4.39 Å². The van der Waals surface area contributed by atoms with Crippen molar-refractivity contribution in [3.8, 4) is 11.4 Å². The summed E-state index contributed by atoms with van der Waals surface area (Å²) in [7, 11) is 0. The predicted molar refractivity (Wildman–Crippen MR) is 121 cm³/mol. The van der Waals surface area contributed by atoms with Gasteiger partial charge in [-0.15, -0.1) is 0 Å². The van der Waals surface area contributed by atoms with Crippen LogP contribution in [0.3, 0.4) is 0 Å². The Morgan fingerprint density at radius 3 is 2.33 bits per heavy atom. The number of hydrazine groups is 1. The molecule has 172 valence electrons. The van der Waals surface area contributed by atoms with E-state index in [9.17, 15) is 18.8 Å². The van der Waals surface area contributed by atoms with Gasteiger partial charge in [-0.25, -0.2) is 4.39 Å². The van der Waals surface area contributed by atoms with Gasteiger partial charge in [-0.05, 0) is 63.2 Å². The van der Waals surface area contributed by atoms with Crippen LogP contribution in [0.2, 0.25) is 0 Å². The zero-order valence-corrected chi connectivity index (χ0v) is 18.6. The second-order valence-electron chi connectivity index (χ2n) is 7.21. The Morgan fingerprint density at radius 1 is 0.939 bits per heavy atom. The first kappa shape index (κ1) is 23.5. The lowest BCUT2D eigenvalue weighted by Gasteiger charge is -2.12. The third-order valence-corrected chi connectivity index (χ3v) is 4.92. The van der Waals surface area contributed by atoms with E-state index in [2.05, 4.69) is 16.2 Å². The Morgan fingerprint density at radius 2 is 1.64 bits per heavy atom. The quantitative estimate of drug-likeness (QED) is 0.480. The van der Waals surface area contributed by atoms with Crippen molar-refractivity contribution in [3.05, 3.63) is 82.9 Å². The number of aromatic nitrogens is 1. The molecule has 0 aliphatic rings. The van der Waals surface area contributed by atoms with Crippen molar-refractivity contribution in [1.29, 1.82) is 0 Å². The third-order valence-electron chi connectivity index (χ3n) is 4.92. The summed E-state index contributed by atoms with van der Waals surface area (Å²) in [5.41, 5.74) is 7.42. The van der Waals surface area contributed by atoms with E-state index in [1.165, 1.54) is 12.1 Å². The molecule has 3 aromatic rings. The van der Waals surface area contributed by atoms with E-state index in [0.29, 0.717) is 34.9 Å². The van der Waals surface area contributed by atoms with Gasteiger partial charge in [0.2, 0.25) is 0 Å². The zero-order chi connectivity index (χ0) is 24.0. The van der Waals surface area contributed by atoms with Gasteiger partial charge in [-0.2, -0.15) is 0 Å². The number of benzene rings is 2. The molecule has 3 amide bonds. The van der Waals surface area contributed by atoms with Crippen LogP contribution in [0, 0.1) is 19.7 Å². The van der Waals surface area contributed by atoms with Crippen molar-refractivity contribution >= 4 is 17.7 Å². The lowest BCUT2D eigenvalue weighted by Crippen LogP contribution is -2.46. The topological polar surface area (TPSA) is 101 Å². The predicted octanol–water partition coefficient (Wildman–Crippen LogP) is 2.82. The molecule has 3 rings (SSSR count). The van der Waals surface area contributed by atoms with Gasteiger partial charge in [0.25, 0.3) is 17.7 Å². The summed E-state index contributed by atoms with van der Waals surface area (Å²) in [5.74, 6) is -1.52. The summed E-state index contributed by atoms with van der Waals surface area (Å²) >= 11 is 0. The number of ether oxygens (including phenoxy) is 1. The van der Waals surface area contributed by atoms with Gasteiger partial charge in [0.1, 0.15) is 11.6 Å². The maximum absolute atomic E-state index is 13.2. The number of hydrogen-bond donors (Lipinski definition) is 3. The number of aryl methyl sites for hydroxylation is 1. The molecular formula is C24H25FN4O4. The number of rotatable bonds is 7. The molecule has 0 saturated heterocycles. The fourth-order valence-corrected chi connectivity index (χ4v) is 3.41. The lowest BCUT2D eigenvalue weighted by atomic mass is 10.2. The van der Waals surface area contributed by atoms with Crippen molar-refractivity contribution in [2.24, 2.45) is 0 Å². The number of carbonyl (C=O) groups is 3. The second kappa shape index (κ2) is 10.4. The summed E-state index contributed by atoms with van der Waals surface area (Å²) in [6.45, 7) is 5.44. The fourth-order valence-electron chi connectivity index (χ4n) is 3.41. The van der Waals surface area contributed by atoms with Crippen LogP contribution >= 0.6 is 0 Å². The number of hydrogen-bond acceptors (Lipinski definition) is 4. The maximum atomic E-state index is 13.2. The largest absolute Gasteiger partial charge is 0.493 e. The highest BCUT2D eigenvalue weighted by atomic mass is 19.1. The molecule has 33 heavy (non-hydrogen) atoms. The molecule has 9 heteroatoms. The van der Waals surface area contributed by atoms with Crippen molar-refractivity contribution in [1.82, 2.24) is 20.7 Å². The molecule has 0 bridgehead atoms. The van der Waals surface area contributed by atoms with Crippen molar-refractivity contribution in [2.45, 2.75) is 20.8 Å². The first-order valence-corrected chi connectivity index (χ1v) is 10.4. The second-order valence-corrected chi connectivity index (χ2v) is 7.21. The highest BCUT2D eigenvalue weighted by Crippen LogP contribution is 2.21. The van der Waals surface area contributed by atoms with Crippen LogP contribution in [-0.2, 0) is 4.79 Å². The minimum Gasteiger partial charge on any atom is -0.493 e. The smallest absolute Gasteiger partial charge is 0.271 e. The third kappa shape index (κ3) is 5.57. The molecule has 2 aromatic carbocycles. The van der Waals surface area contributed by atoms with Gasteiger partial charge < -0.3 is 14.6 Å². The Balaban J connectivity index is 1.58. The number of amides is 3. The van der Waals surface area contributed by atoms with Gasteiger partial charge in [-0.3, -0.25) is 25.2 Å². The number of nitrogens with one attached hydrogen (secondary N) is 3. The van der Waals surface area contributed by atoms with E-state index in [0.717, 1.165) is 5.69 Å². The Hall–Kier alpha value is -4.14. The SMILES string of the molecule is CCOc1ccccc1C(=O)NCC(=O)NNC(=O)c1cc(C)n(-c2ccc(F)cc2)c1C. The molecule has 0 radical (unpaired) electrons. The Labute approximate surface area is 190 Å². The van der Waals surface area contributed by atoms with Crippen LogP contribution in [0.1, 0.15) is 39.0 Å². The Bertz CT molecular complexity index is 1170. The van der Waals surface area contributed by atoms with E-state index in [1.807, 2.05) is 18.4 Å². The van der Waals surface area contributed by atoms with Crippen LogP contribution in [0.25, 0.3) is 5.69 Å². The minimum atomic E-state index is -0.599. The monoisotopic (exact) mass is 452 g/mol. The summed E-state index contributed by atoms with van der Waals surface area (Å²) in [4.78, 5) is 37.1. The average Bonchev–Trinajstić information content (AvgIpc) is 3.11. The van der Waals surface area contributed by atoms with Crippen LogP contribution in [0.5, 0.6) is 5.75 Å². The number of nitrogens with zero attached hydrogens (tertiary/aromatic N) is 1. The molecule has 0 atom stereocenters. The standard InChI is InChI=1S/C24H25FN4O4/c1-4-33-21-8-6-5-7-19(21)23(31)26-14-22(30)27-28-24(32)20-13-15(2)29(16(20)3)18-11-9-17(25)10-12-18/h5-13H,4,14H2,1-3H3,(H,26,31)(H,27,30)(H,28,32). The summed E-state index contributed by atoms with van der Waals surface area (Å²) in [5, 5.41) is 2.49. The summed E-state index contributed by atoms with van der Waals surface area (Å²) in [6.07, 6.45) is 0. The molecular weight excluding hydrogens is 427 g/mol. The van der Waals surface area contributed by atoms with Gasteiger partial charge in [-0.1, -0.05) is 12.1 Å². The highest BCUT2D eigenvalue weighted by molar-refractivity contribution is 6.00. The molecule has 1 aromatic heterocycles.